The van der Waals surface area contributed by atoms with E-state index in [0.29, 0.717) is 34.9 Å². The Morgan fingerprint density at radius 1 is 1.11 bits per heavy atom. The first kappa shape index (κ1) is 19.7. The van der Waals surface area contributed by atoms with Gasteiger partial charge < -0.3 is 19.7 Å². The topological polar surface area (TPSA) is 67.9 Å². The summed E-state index contributed by atoms with van der Waals surface area (Å²) in [6, 6.07) is 10.5. The van der Waals surface area contributed by atoms with Gasteiger partial charge in [-0.05, 0) is 56.5 Å². The molecule has 1 saturated heterocycles. The molecule has 1 N–H and O–H groups in total. The first-order chi connectivity index (χ1) is 13.5. The molecule has 2 aromatic rings. The summed E-state index contributed by atoms with van der Waals surface area (Å²) in [6.45, 7) is 5.80. The van der Waals surface area contributed by atoms with Crippen molar-refractivity contribution >= 4 is 17.5 Å². The number of methoxy groups -OCH3 is 1. The Morgan fingerprint density at radius 2 is 1.86 bits per heavy atom. The summed E-state index contributed by atoms with van der Waals surface area (Å²) in [6.07, 6.45) is 2.04. The fraction of sp³-hybridized carbons (Fsp3) is 0.364. The molecule has 148 valence electrons. The number of amides is 2. The molecule has 0 bridgehead atoms. The van der Waals surface area contributed by atoms with Gasteiger partial charge >= 0.3 is 0 Å². The van der Waals surface area contributed by atoms with Crippen LogP contribution in [0.5, 0.6) is 11.5 Å². The molecule has 6 nitrogen and oxygen atoms in total. The monoisotopic (exact) mass is 382 g/mol. The molecule has 0 aliphatic carbocycles. The van der Waals surface area contributed by atoms with Gasteiger partial charge in [0.15, 0.2) is 11.5 Å². The van der Waals surface area contributed by atoms with E-state index < -0.39 is 0 Å². The highest BCUT2D eigenvalue weighted by Gasteiger charge is 2.24. The molecule has 1 heterocycles. The maximum Gasteiger partial charge on any atom is 0.256 e. The van der Waals surface area contributed by atoms with Crippen molar-refractivity contribution in [3.63, 3.8) is 0 Å². The second kappa shape index (κ2) is 8.78. The first-order valence-corrected chi connectivity index (χ1v) is 9.56. The van der Waals surface area contributed by atoms with Gasteiger partial charge in [-0.3, -0.25) is 9.59 Å². The third-order valence-corrected chi connectivity index (χ3v) is 4.85. The lowest BCUT2D eigenvalue weighted by Crippen LogP contribution is -2.29. The van der Waals surface area contributed by atoms with Crippen LogP contribution < -0.4 is 14.8 Å². The number of anilines is 1. The van der Waals surface area contributed by atoms with Crippen LogP contribution in [0, 0.1) is 6.92 Å². The SMILES string of the molecule is CCOc1ccc(C(=O)Nc2cccc(C)c2C(=O)N2CCCC2)cc1OC. The van der Waals surface area contributed by atoms with Crippen molar-refractivity contribution in [2.75, 3.05) is 32.1 Å². The summed E-state index contributed by atoms with van der Waals surface area (Å²) in [5, 5.41) is 2.89. The van der Waals surface area contributed by atoms with Crippen molar-refractivity contribution in [2.45, 2.75) is 26.7 Å². The number of rotatable bonds is 6. The molecule has 28 heavy (non-hydrogen) atoms. The Morgan fingerprint density at radius 3 is 2.54 bits per heavy atom. The molecule has 0 radical (unpaired) electrons. The van der Waals surface area contributed by atoms with Crippen LogP contribution in [0.4, 0.5) is 5.69 Å². The number of aryl methyl sites for hydroxylation is 1. The van der Waals surface area contributed by atoms with E-state index in [1.165, 1.54) is 7.11 Å². The number of carbonyl (C=O) groups excluding carboxylic acids is 2. The predicted molar refractivity (Wildman–Crippen MR) is 108 cm³/mol. The lowest BCUT2D eigenvalue weighted by atomic mass is 10.0. The number of carbonyl (C=O) groups is 2. The average Bonchev–Trinajstić information content (AvgIpc) is 3.23. The normalized spacial score (nSPS) is 13.3. The Balaban J connectivity index is 1.86. The molecule has 0 aromatic heterocycles. The molecular formula is C22H26N2O4. The van der Waals surface area contributed by atoms with E-state index in [2.05, 4.69) is 5.32 Å². The van der Waals surface area contributed by atoms with Gasteiger partial charge in [0, 0.05) is 18.7 Å². The summed E-state index contributed by atoms with van der Waals surface area (Å²) in [7, 11) is 1.53. The zero-order valence-corrected chi connectivity index (χ0v) is 16.6. The van der Waals surface area contributed by atoms with E-state index >= 15 is 0 Å². The zero-order chi connectivity index (χ0) is 20.1. The summed E-state index contributed by atoms with van der Waals surface area (Å²) in [5.41, 5.74) is 2.35. The standard InChI is InChI=1S/C22H26N2O4/c1-4-28-18-11-10-16(14-19(18)27-3)21(25)23-17-9-7-8-15(2)20(17)22(26)24-12-5-6-13-24/h7-11,14H,4-6,12-13H2,1-3H3,(H,23,25). The van der Waals surface area contributed by atoms with Gasteiger partial charge in [0.1, 0.15) is 0 Å². The molecule has 2 aromatic carbocycles. The third-order valence-electron chi connectivity index (χ3n) is 4.85. The number of hydrogen-bond donors (Lipinski definition) is 1. The van der Waals surface area contributed by atoms with Gasteiger partial charge in [0.2, 0.25) is 0 Å². The molecule has 0 atom stereocenters. The highest BCUT2D eigenvalue weighted by Crippen LogP contribution is 2.29. The van der Waals surface area contributed by atoms with Crippen molar-refractivity contribution in [3.8, 4) is 11.5 Å². The molecule has 0 unspecified atom stereocenters. The maximum atomic E-state index is 13.0. The van der Waals surface area contributed by atoms with Crippen LogP contribution in [0.1, 0.15) is 46.0 Å². The van der Waals surface area contributed by atoms with Crippen molar-refractivity contribution in [1.29, 1.82) is 0 Å². The molecule has 0 saturated carbocycles. The van der Waals surface area contributed by atoms with Crippen LogP contribution in [0.2, 0.25) is 0 Å². The Bertz CT molecular complexity index is 873. The first-order valence-electron chi connectivity index (χ1n) is 9.56. The zero-order valence-electron chi connectivity index (χ0n) is 16.6. The lowest BCUT2D eigenvalue weighted by Gasteiger charge is -2.20. The minimum Gasteiger partial charge on any atom is -0.493 e. The molecule has 1 aliphatic heterocycles. The average molecular weight is 382 g/mol. The predicted octanol–water partition coefficient (Wildman–Crippen LogP) is 3.89. The smallest absolute Gasteiger partial charge is 0.256 e. The highest BCUT2D eigenvalue weighted by atomic mass is 16.5. The van der Waals surface area contributed by atoms with Crippen LogP contribution in [0.15, 0.2) is 36.4 Å². The number of likely N-dealkylation sites (tertiary alicyclic amines) is 1. The van der Waals surface area contributed by atoms with Crippen LogP contribution in [0.25, 0.3) is 0 Å². The summed E-state index contributed by atoms with van der Waals surface area (Å²) in [4.78, 5) is 27.6. The fourth-order valence-electron chi connectivity index (χ4n) is 3.41. The molecule has 2 amide bonds. The molecule has 1 aliphatic rings. The number of benzene rings is 2. The number of hydrogen-bond acceptors (Lipinski definition) is 4. The second-order valence-electron chi connectivity index (χ2n) is 6.75. The maximum absolute atomic E-state index is 13.0. The summed E-state index contributed by atoms with van der Waals surface area (Å²) < 4.78 is 10.8. The second-order valence-corrected chi connectivity index (χ2v) is 6.75. The van der Waals surface area contributed by atoms with E-state index in [4.69, 9.17) is 9.47 Å². The van der Waals surface area contributed by atoms with Crippen LogP contribution in [-0.4, -0.2) is 43.5 Å². The van der Waals surface area contributed by atoms with Gasteiger partial charge in [0.25, 0.3) is 11.8 Å². The number of nitrogens with zero attached hydrogens (tertiary/aromatic N) is 1. The summed E-state index contributed by atoms with van der Waals surface area (Å²) in [5.74, 6) is 0.742. The van der Waals surface area contributed by atoms with E-state index in [1.54, 1.807) is 24.3 Å². The van der Waals surface area contributed by atoms with E-state index in [0.717, 1.165) is 31.5 Å². The number of nitrogens with one attached hydrogen (secondary N) is 1. The minimum atomic E-state index is -0.303. The largest absolute Gasteiger partial charge is 0.493 e. The number of ether oxygens (including phenoxy) is 2. The highest BCUT2D eigenvalue weighted by molar-refractivity contribution is 6.09. The molecule has 3 rings (SSSR count). The lowest BCUT2D eigenvalue weighted by molar-refractivity contribution is 0.0793. The summed E-state index contributed by atoms with van der Waals surface area (Å²) >= 11 is 0. The van der Waals surface area contributed by atoms with Crippen LogP contribution >= 0.6 is 0 Å². The van der Waals surface area contributed by atoms with Gasteiger partial charge in [-0.25, -0.2) is 0 Å². The van der Waals surface area contributed by atoms with Gasteiger partial charge in [0.05, 0.1) is 25.0 Å². The molecule has 6 heteroatoms. The molecule has 0 spiro atoms. The van der Waals surface area contributed by atoms with Crippen molar-refractivity contribution in [1.82, 2.24) is 4.90 Å². The minimum absolute atomic E-state index is 0.0322. The Kier molecular flexibility index (Phi) is 6.19. The van der Waals surface area contributed by atoms with E-state index in [9.17, 15) is 9.59 Å². The van der Waals surface area contributed by atoms with Crippen molar-refractivity contribution in [3.05, 3.63) is 53.1 Å². The van der Waals surface area contributed by atoms with E-state index in [1.807, 2.05) is 30.9 Å². The fourth-order valence-corrected chi connectivity index (χ4v) is 3.41. The van der Waals surface area contributed by atoms with Crippen LogP contribution in [0.3, 0.4) is 0 Å². The Hall–Kier alpha value is -3.02. The van der Waals surface area contributed by atoms with Gasteiger partial charge in [-0.2, -0.15) is 0 Å². The van der Waals surface area contributed by atoms with Crippen molar-refractivity contribution in [2.24, 2.45) is 0 Å². The molecule has 1 fully saturated rings. The Labute approximate surface area is 165 Å². The van der Waals surface area contributed by atoms with Crippen LogP contribution in [-0.2, 0) is 0 Å². The quantitative estimate of drug-likeness (QED) is 0.823. The van der Waals surface area contributed by atoms with Crippen molar-refractivity contribution < 1.29 is 19.1 Å². The van der Waals surface area contributed by atoms with Gasteiger partial charge in [-0.15, -0.1) is 0 Å². The van der Waals surface area contributed by atoms with E-state index in [-0.39, 0.29) is 11.8 Å². The molecular weight excluding hydrogens is 356 g/mol. The third kappa shape index (κ3) is 4.11. The van der Waals surface area contributed by atoms with Gasteiger partial charge in [-0.1, -0.05) is 12.1 Å².